The molecule has 4 N–H and O–H groups in total. The number of nitrogens with two attached hydrogens (primary N) is 2. The zero-order valence-electron chi connectivity index (χ0n) is 11.2. The molecule has 1 unspecified atom stereocenters. The molecule has 1 heterocycles. The van der Waals surface area contributed by atoms with E-state index in [-0.39, 0.29) is 23.4 Å². The van der Waals surface area contributed by atoms with Crippen LogP contribution in [0.4, 0.5) is 5.69 Å². The summed E-state index contributed by atoms with van der Waals surface area (Å²) in [6.07, 6.45) is 0. The number of hydrogen-bond acceptors (Lipinski definition) is 7. The molecule has 0 saturated heterocycles. The summed E-state index contributed by atoms with van der Waals surface area (Å²) >= 11 is 0. The summed E-state index contributed by atoms with van der Waals surface area (Å²) < 4.78 is 4.60. The van der Waals surface area contributed by atoms with Crippen molar-refractivity contribution in [3.05, 3.63) is 29.3 Å². The lowest BCUT2D eigenvalue weighted by Gasteiger charge is -2.16. The molecular formula is C13H13N3O5. The van der Waals surface area contributed by atoms with Crippen LogP contribution in [0.15, 0.2) is 18.2 Å². The minimum Gasteiger partial charge on any atom is -0.464 e. The van der Waals surface area contributed by atoms with Gasteiger partial charge >= 0.3 is 5.97 Å². The van der Waals surface area contributed by atoms with Gasteiger partial charge in [-0.2, -0.15) is 0 Å². The number of nitrogens with zero attached hydrogens (tertiary/aromatic N) is 1. The van der Waals surface area contributed by atoms with Crippen LogP contribution in [-0.4, -0.2) is 41.2 Å². The number of imide groups is 3. The van der Waals surface area contributed by atoms with Crippen LogP contribution in [0.3, 0.4) is 0 Å². The Morgan fingerprint density at radius 3 is 2.52 bits per heavy atom. The highest BCUT2D eigenvalue weighted by Gasteiger charge is 2.44. The molecule has 0 fully saturated rings. The van der Waals surface area contributed by atoms with E-state index in [4.69, 9.17) is 11.5 Å². The molecule has 8 nitrogen and oxygen atoms in total. The van der Waals surface area contributed by atoms with Crippen LogP contribution in [0, 0.1) is 0 Å². The number of carbonyl (C=O) groups is 4. The van der Waals surface area contributed by atoms with Crippen LogP contribution >= 0.6 is 0 Å². The Kier molecular flexibility index (Phi) is 3.72. The van der Waals surface area contributed by atoms with Crippen molar-refractivity contribution in [2.75, 3.05) is 12.3 Å². The van der Waals surface area contributed by atoms with Gasteiger partial charge in [0.05, 0.1) is 17.7 Å². The van der Waals surface area contributed by atoms with E-state index in [2.05, 4.69) is 4.74 Å². The zero-order valence-corrected chi connectivity index (χ0v) is 11.2. The molecule has 1 aliphatic rings. The number of amides is 3. The summed E-state index contributed by atoms with van der Waals surface area (Å²) in [6.45, 7) is 1.56. The summed E-state index contributed by atoms with van der Waals surface area (Å²) in [5.41, 5.74) is 11.1. The maximum absolute atomic E-state index is 12.2. The lowest BCUT2D eigenvalue weighted by Crippen LogP contribution is -2.51. The van der Waals surface area contributed by atoms with Crippen LogP contribution in [0.5, 0.6) is 0 Å². The van der Waals surface area contributed by atoms with E-state index in [9.17, 15) is 19.2 Å². The summed E-state index contributed by atoms with van der Waals surface area (Å²) in [7, 11) is 0. The maximum Gasteiger partial charge on any atom is 0.332 e. The molecule has 0 spiro atoms. The lowest BCUT2D eigenvalue weighted by molar-refractivity contribution is -0.149. The van der Waals surface area contributed by atoms with Crippen molar-refractivity contribution in [1.82, 2.24) is 4.90 Å². The molecule has 0 bridgehead atoms. The number of esters is 1. The first kappa shape index (κ1) is 14.7. The van der Waals surface area contributed by atoms with E-state index < -0.39 is 29.7 Å². The Hall–Kier alpha value is -2.74. The highest BCUT2D eigenvalue weighted by Crippen LogP contribution is 2.27. The third kappa shape index (κ3) is 2.25. The number of hydrogen-bond donors (Lipinski definition) is 2. The van der Waals surface area contributed by atoms with Gasteiger partial charge in [-0.1, -0.05) is 6.07 Å². The molecule has 21 heavy (non-hydrogen) atoms. The standard InChI is InChI=1S/C13H13N3O5/c1-2-21-13(20)9(15)12(19)16-10(17)6-4-3-5-7(14)8(6)11(16)18/h3-5,9H,2,14-15H2,1H3. The largest absolute Gasteiger partial charge is 0.464 e. The summed E-state index contributed by atoms with van der Waals surface area (Å²) in [5.74, 6) is -3.89. The Morgan fingerprint density at radius 1 is 1.29 bits per heavy atom. The van der Waals surface area contributed by atoms with Gasteiger partial charge in [-0.15, -0.1) is 0 Å². The molecule has 1 aliphatic heterocycles. The molecule has 1 aromatic rings. The van der Waals surface area contributed by atoms with Gasteiger partial charge in [0.15, 0.2) is 6.04 Å². The molecule has 0 saturated carbocycles. The van der Waals surface area contributed by atoms with Crippen LogP contribution in [0.25, 0.3) is 0 Å². The van der Waals surface area contributed by atoms with Crippen molar-refractivity contribution in [2.24, 2.45) is 5.73 Å². The molecular weight excluding hydrogens is 278 g/mol. The quantitative estimate of drug-likeness (QED) is 0.325. The molecule has 1 atom stereocenters. The predicted molar refractivity (Wildman–Crippen MR) is 71.0 cm³/mol. The summed E-state index contributed by atoms with van der Waals surface area (Å²) in [4.78, 5) is 48.1. The van der Waals surface area contributed by atoms with Crippen LogP contribution in [-0.2, 0) is 14.3 Å². The average molecular weight is 291 g/mol. The van der Waals surface area contributed by atoms with Gasteiger partial charge in [-0.25, -0.2) is 9.69 Å². The van der Waals surface area contributed by atoms with Gasteiger partial charge in [0.1, 0.15) is 0 Å². The highest BCUT2D eigenvalue weighted by molar-refractivity contribution is 6.32. The van der Waals surface area contributed by atoms with E-state index in [0.29, 0.717) is 4.90 Å². The normalized spacial score (nSPS) is 14.9. The van der Waals surface area contributed by atoms with Crippen LogP contribution in [0.1, 0.15) is 27.6 Å². The molecule has 0 aromatic heterocycles. The van der Waals surface area contributed by atoms with Crippen molar-refractivity contribution in [3.63, 3.8) is 0 Å². The average Bonchev–Trinajstić information content (AvgIpc) is 2.70. The lowest BCUT2D eigenvalue weighted by atomic mass is 10.1. The molecule has 1 aromatic carbocycles. The van der Waals surface area contributed by atoms with Crippen molar-refractivity contribution in [2.45, 2.75) is 13.0 Å². The third-order valence-electron chi connectivity index (χ3n) is 2.97. The van der Waals surface area contributed by atoms with Crippen molar-refractivity contribution in [3.8, 4) is 0 Å². The van der Waals surface area contributed by atoms with E-state index >= 15 is 0 Å². The Labute approximate surface area is 119 Å². The minimum absolute atomic E-state index is 0.00408. The number of fused-ring (bicyclic) bond motifs is 1. The number of carbonyl (C=O) groups excluding carboxylic acids is 4. The van der Waals surface area contributed by atoms with E-state index in [0.717, 1.165) is 0 Å². The fourth-order valence-electron chi connectivity index (χ4n) is 1.98. The highest BCUT2D eigenvalue weighted by atomic mass is 16.5. The SMILES string of the molecule is CCOC(=O)C(N)C(=O)N1C(=O)c2cccc(N)c2C1=O. The second kappa shape index (κ2) is 5.33. The maximum atomic E-state index is 12.2. The van der Waals surface area contributed by atoms with Crippen LogP contribution < -0.4 is 11.5 Å². The first-order valence-electron chi connectivity index (χ1n) is 6.13. The fourth-order valence-corrected chi connectivity index (χ4v) is 1.98. The van der Waals surface area contributed by atoms with Crippen molar-refractivity contribution in [1.29, 1.82) is 0 Å². The number of anilines is 1. The third-order valence-corrected chi connectivity index (χ3v) is 2.97. The van der Waals surface area contributed by atoms with Crippen molar-refractivity contribution >= 4 is 29.4 Å². The topological polar surface area (TPSA) is 133 Å². The Morgan fingerprint density at radius 2 is 1.95 bits per heavy atom. The molecule has 3 amide bonds. The van der Waals surface area contributed by atoms with Crippen molar-refractivity contribution < 1.29 is 23.9 Å². The first-order valence-corrected chi connectivity index (χ1v) is 6.13. The summed E-state index contributed by atoms with van der Waals surface area (Å²) in [6, 6.07) is 2.55. The fraction of sp³-hybridized carbons (Fsp3) is 0.231. The predicted octanol–water partition coefficient (Wildman–Crippen LogP) is -0.718. The zero-order chi connectivity index (χ0) is 15.7. The molecule has 0 aliphatic carbocycles. The second-order valence-corrected chi connectivity index (χ2v) is 4.28. The van der Waals surface area contributed by atoms with Gasteiger partial charge in [0.25, 0.3) is 17.7 Å². The van der Waals surface area contributed by atoms with Gasteiger partial charge in [0, 0.05) is 5.69 Å². The molecule has 2 rings (SSSR count). The Balaban J connectivity index is 2.34. The van der Waals surface area contributed by atoms with E-state index in [1.54, 1.807) is 0 Å². The number of nitrogen functional groups attached to an aromatic ring is 1. The van der Waals surface area contributed by atoms with E-state index in [1.807, 2.05) is 0 Å². The summed E-state index contributed by atoms with van der Waals surface area (Å²) in [5, 5.41) is 0. The van der Waals surface area contributed by atoms with E-state index in [1.165, 1.54) is 25.1 Å². The van der Waals surface area contributed by atoms with Gasteiger partial charge < -0.3 is 16.2 Å². The van der Waals surface area contributed by atoms with Gasteiger partial charge in [-0.05, 0) is 19.1 Å². The first-order chi connectivity index (χ1) is 9.90. The minimum atomic E-state index is -1.74. The van der Waals surface area contributed by atoms with Crippen LogP contribution in [0.2, 0.25) is 0 Å². The second-order valence-electron chi connectivity index (χ2n) is 4.28. The van der Waals surface area contributed by atoms with Gasteiger partial charge in [-0.3, -0.25) is 14.4 Å². The molecule has 110 valence electrons. The molecule has 0 radical (unpaired) electrons. The molecule has 8 heteroatoms. The number of benzene rings is 1. The number of rotatable bonds is 3. The monoisotopic (exact) mass is 291 g/mol. The Bertz CT molecular complexity index is 655. The number of ether oxygens (including phenoxy) is 1. The van der Waals surface area contributed by atoms with Gasteiger partial charge in [0.2, 0.25) is 0 Å². The smallest absolute Gasteiger partial charge is 0.332 e.